The van der Waals surface area contributed by atoms with Gasteiger partial charge < -0.3 is 5.73 Å². The number of halogens is 1. The summed E-state index contributed by atoms with van der Waals surface area (Å²) in [6.45, 7) is 9.89. The molecule has 1 aliphatic rings. The van der Waals surface area contributed by atoms with Gasteiger partial charge in [0, 0.05) is 18.5 Å². The molecule has 3 nitrogen and oxygen atoms in total. The van der Waals surface area contributed by atoms with Gasteiger partial charge in [-0.1, -0.05) is 33.6 Å². The number of nitrogens with two attached hydrogens (primary N) is 1. The molecule has 2 rings (SSSR count). The van der Waals surface area contributed by atoms with Crippen LogP contribution in [0.3, 0.4) is 0 Å². The van der Waals surface area contributed by atoms with E-state index in [4.69, 9.17) is 10.8 Å². The fourth-order valence-electron chi connectivity index (χ4n) is 3.69. The van der Waals surface area contributed by atoms with E-state index in [1.165, 1.54) is 23.0 Å². The van der Waals surface area contributed by atoms with Crippen molar-refractivity contribution in [3.8, 4) is 0 Å². The molecule has 0 aromatic carbocycles. The summed E-state index contributed by atoms with van der Waals surface area (Å²) in [5.41, 5.74) is 9.19. The second-order valence-corrected chi connectivity index (χ2v) is 7.81. The smallest absolute Gasteiger partial charge is 0.0766 e. The SMILES string of the molecule is CCc1nn(CC)c(CC2(N)CCCC(C(C)C)C2)c1Br. The molecule has 1 saturated carbocycles. The standard InChI is InChI=1S/C17H30BrN3/c1-5-14-16(18)15(21(6-2)20-14)11-17(19)9-7-8-13(10-17)12(3)4/h12-13H,5-11,19H2,1-4H3. The van der Waals surface area contributed by atoms with Crippen LogP contribution in [0.1, 0.15) is 64.8 Å². The fraction of sp³-hybridized carbons (Fsp3) is 0.824. The first-order valence-corrected chi connectivity index (χ1v) is 9.22. The van der Waals surface area contributed by atoms with Gasteiger partial charge in [0.2, 0.25) is 0 Å². The molecule has 1 aromatic rings. The molecule has 120 valence electrons. The van der Waals surface area contributed by atoms with Crippen molar-refractivity contribution in [1.29, 1.82) is 0 Å². The molecule has 4 heteroatoms. The van der Waals surface area contributed by atoms with E-state index in [2.05, 4.69) is 48.3 Å². The lowest BCUT2D eigenvalue weighted by molar-refractivity contribution is 0.180. The highest BCUT2D eigenvalue weighted by Gasteiger charge is 2.35. The Hall–Kier alpha value is -0.350. The maximum absolute atomic E-state index is 6.80. The largest absolute Gasteiger partial charge is 0.325 e. The van der Waals surface area contributed by atoms with Crippen molar-refractivity contribution < 1.29 is 0 Å². The average Bonchev–Trinajstić information content (AvgIpc) is 2.74. The highest BCUT2D eigenvalue weighted by Crippen LogP contribution is 2.38. The molecule has 2 atom stereocenters. The van der Waals surface area contributed by atoms with Gasteiger partial charge in [-0.05, 0) is 54.0 Å². The molecule has 0 bridgehead atoms. The van der Waals surface area contributed by atoms with Gasteiger partial charge in [-0.2, -0.15) is 5.10 Å². The Morgan fingerprint density at radius 1 is 1.43 bits per heavy atom. The lowest BCUT2D eigenvalue weighted by Crippen LogP contribution is -2.47. The summed E-state index contributed by atoms with van der Waals surface area (Å²) in [4.78, 5) is 0. The Bertz CT molecular complexity index is 481. The molecule has 21 heavy (non-hydrogen) atoms. The first kappa shape index (κ1) is 17.0. The van der Waals surface area contributed by atoms with Gasteiger partial charge in [-0.3, -0.25) is 4.68 Å². The Morgan fingerprint density at radius 2 is 2.14 bits per heavy atom. The zero-order valence-corrected chi connectivity index (χ0v) is 15.5. The van der Waals surface area contributed by atoms with Gasteiger partial charge in [0.25, 0.3) is 0 Å². The molecule has 2 unspecified atom stereocenters. The predicted molar refractivity (Wildman–Crippen MR) is 92.4 cm³/mol. The van der Waals surface area contributed by atoms with Crippen molar-refractivity contribution in [2.24, 2.45) is 17.6 Å². The number of rotatable bonds is 5. The van der Waals surface area contributed by atoms with Crippen LogP contribution in [0.5, 0.6) is 0 Å². The first-order valence-electron chi connectivity index (χ1n) is 8.43. The van der Waals surface area contributed by atoms with Crippen molar-refractivity contribution in [1.82, 2.24) is 9.78 Å². The van der Waals surface area contributed by atoms with E-state index in [0.717, 1.165) is 49.8 Å². The topological polar surface area (TPSA) is 43.8 Å². The lowest BCUT2D eigenvalue weighted by atomic mass is 9.70. The summed E-state index contributed by atoms with van der Waals surface area (Å²) in [6.07, 6.45) is 6.79. The van der Waals surface area contributed by atoms with Gasteiger partial charge in [0.15, 0.2) is 0 Å². The number of hydrogen-bond donors (Lipinski definition) is 1. The molecule has 1 aliphatic carbocycles. The summed E-state index contributed by atoms with van der Waals surface area (Å²) in [5, 5.41) is 4.71. The third-order valence-corrected chi connectivity index (χ3v) is 5.99. The third-order valence-electron chi connectivity index (χ3n) is 5.07. The van der Waals surface area contributed by atoms with E-state index in [9.17, 15) is 0 Å². The molecule has 0 amide bonds. The van der Waals surface area contributed by atoms with Crippen LogP contribution in [0.15, 0.2) is 4.47 Å². The molecule has 0 spiro atoms. The van der Waals surface area contributed by atoms with Gasteiger partial charge in [0.1, 0.15) is 0 Å². The Kier molecular flexibility index (Phi) is 5.53. The lowest BCUT2D eigenvalue weighted by Gasteiger charge is -2.40. The van der Waals surface area contributed by atoms with Crippen LogP contribution in [-0.2, 0) is 19.4 Å². The van der Waals surface area contributed by atoms with E-state index in [1.54, 1.807) is 0 Å². The highest BCUT2D eigenvalue weighted by atomic mass is 79.9. The van der Waals surface area contributed by atoms with E-state index in [1.807, 2.05) is 0 Å². The zero-order valence-electron chi connectivity index (χ0n) is 14.0. The van der Waals surface area contributed by atoms with Gasteiger partial charge in [0.05, 0.1) is 15.9 Å². The van der Waals surface area contributed by atoms with Crippen LogP contribution >= 0.6 is 15.9 Å². The zero-order chi connectivity index (χ0) is 15.6. The van der Waals surface area contributed by atoms with E-state index < -0.39 is 0 Å². The quantitative estimate of drug-likeness (QED) is 0.854. The van der Waals surface area contributed by atoms with Crippen molar-refractivity contribution in [2.75, 3.05) is 0 Å². The van der Waals surface area contributed by atoms with E-state index in [0.29, 0.717) is 0 Å². The van der Waals surface area contributed by atoms with Crippen molar-refractivity contribution in [3.05, 3.63) is 15.9 Å². The van der Waals surface area contributed by atoms with Crippen LogP contribution in [0, 0.1) is 11.8 Å². The van der Waals surface area contributed by atoms with Crippen molar-refractivity contribution >= 4 is 15.9 Å². The Labute approximate surface area is 137 Å². The fourth-order valence-corrected chi connectivity index (χ4v) is 4.40. The second-order valence-electron chi connectivity index (χ2n) is 7.02. The Balaban J connectivity index is 2.22. The first-order chi connectivity index (χ1) is 9.90. The molecule has 1 heterocycles. The normalized spacial score (nSPS) is 26.5. The third kappa shape index (κ3) is 3.70. The summed E-state index contributed by atoms with van der Waals surface area (Å²) in [6, 6.07) is 0. The van der Waals surface area contributed by atoms with Crippen LogP contribution in [-0.4, -0.2) is 15.3 Å². The van der Waals surface area contributed by atoms with Gasteiger partial charge in [-0.25, -0.2) is 0 Å². The molecular weight excluding hydrogens is 326 g/mol. The van der Waals surface area contributed by atoms with Crippen molar-refractivity contribution in [2.45, 2.75) is 78.3 Å². The molecular formula is C17H30BrN3. The minimum Gasteiger partial charge on any atom is -0.325 e. The number of hydrogen-bond acceptors (Lipinski definition) is 2. The number of aromatic nitrogens is 2. The van der Waals surface area contributed by atoms with Crippen LogP contribution in [0.2, 0.25) is 0 Å². The van der Waals surface area contributed by atoms with Crippen LogP contribution < -0.4 is 5.73 Å². The molecule has 2 N–H and O–H groups in total. The number of nitrogens with zero attached hydrogens (tertiary/aromatic N) is 2. The maximum atomic E-state index is 6.80. The minimum absolute atomic E-state index is 0.0618. The molecule has 0 aliphatic heterocycles. The second kappa shape index (κ2) is 6.82. The summed E-state index contributed by atoms with van der Waals surface area (Å²) in [5.74, 6) is 1.50. The van der Waals surface area contributed by atoms with Gasteiger partial charge in [-0.15, -0.1) is 0 Å². The van der Waals surface area contributed by atoms with Crippen molar-refractivity contribution in [3.63, 3.8) is 0 Å². The molecule has 0 saturated heterocycles. The molecule has 0 radical (unpaired) electrons. The van der Waals surface area contributed by atoms with Crippen LogP contribution in [0.25, 0.3) is 0 Å². The van der Waals surface area contributed by atoms with E-state index in [-0.39, 0.29) is 5.54 Å². The highest BCUT2D eigenvalue weighted by molar-refractivity contribution is 9.10. The minimum atomic E-state index is -0.0618. The predicted octanol–water partition coefficient (Wildman–Crippen LogP) is 4.31. The molecule has 1 aromatic heterocycles. The summed E-state index contributed by atoms with van der Waals surface area (Å²) in [7, 11) is 0. The summed E-state index contributed by atoms with van der Waals surface area (Å²) < 4.78 is 3.32. The monoisotopic (exact) mass is 355 g/mol. The Morgan fingerprint density at radius 3 is 2.71 bits per heavy atom. The maximum Gasteiger partial charge on any atom is 0.0766 e. The molecule has 1 fully saturated rings. The van der Waals surface area contributed by atoms with Gasteiger partial charge >= 0.3 is 0 Å². The van der Waals surface area contributed by atoms with Crippen LogP contribution in [0.4, 0.5) is 0 Å². The average molecular weight is 356 g/mol. The summed E-state index contributed by atoms with van der Waals surface area (Å²) >= 11 is 3.76. The number of aryl methyl sites for hydroxylation is 2. The van der Waals surface area contributed by atoms with E-state index >= 15 is 0 Å².